The summed E-state index contributed by atoms with van der Waals surface area (Å²) in [5, 5.41) is 11.6. The standard InChI is InChI=1S/C18H16FNO5/c1-24-17(22)16(10-13-9-14(21)7-8-15(13)19)20-18(23)25-11-12-5-3-2-4-6-12/h2-10,21H,11H2,1H3,(H,20,23)/b16-10-. The third kappa shape index (κ3) is 5.35. The molecule has 0 spiro atoms. The molecule has 0 aliphatic heterocycles. The number of amides is 1. The smallest absolute Gasteiger partial charge is 0.412 e. The number of hydrogen-bond donors (Lipinski definition) is 2. The number of ether oxygens (including phenoxy) is 2. The first kappa shape index (κ1) is 18.0. The molecule has 2 aromatic carbocycles. The average Bonchev–Trinajstić information content (AvgIpc) is 2.62. The fourth-order valence-electron chi connectivity index (χ4n) is 1.92. The lowest BCUT2D eigenvalue weighted by atomic mass is 10.1. The largest absolute Gasteiger partial charge is 0.508 e. The number of carbonyl (C=O) groups excluding carboxylic acids is 2. The lowest BCUT2D eigenvalue weighted by Crippen LogP contribution is -2.28. The Morgan fingerprint density at radius 1 is 1.20 bits per heavy atom. The second-order valence-electron chi connectivity index (χ2n) is 4.94. The Morgan fingerprint density at radius 2 is 1.92 bits per heavy atom. The molecule has 0 aliphatic carbocycles. The van der Waals surface area contributed by atoms with Crippen molar-refractivity contribution in [2.75, 3.05) is 7.11 Å². The summed E-state index contributed by atoms with van der Waals surface area (Å²) in [6.07, 6.45) is 0.145. The molecule has 2 rings (SSSR count). The highest BCUT2D eigenvalue weighted by Gasteiger charge is 2.16. The quantitative estimate of drug-likeness (QED) is 0.643. The highest BCUT2D eigenvalue weighted by atomic mass is 19.1. The zero-order chi connectivity index (χ0) is 18.2. The molecule has 0 atom stereocenters. The second kappa shape index (κ2) is 8.49. The van der Waals surface area contributed by atoms with Crippen molar-refractivity contribution >= 4 is 18.1 Å². The highest BCUT2D eigenvalue weighted by Crippen LogP contribution is 2.18. The third-order valence-corrected chi connectivity index (χ3v) is 3.13. The molecule has 0 heterocycles. The molecule has 0 saturated heterocycles. The zero-order valence-corrected chi connectivity index (χ0v) is 13.4. The van der Waals surface area contributed by atoms with Crippen LogP contribution in [0.3, 0.4) is 0 Å². The minimum Gasteiger partial charge on any atom is -0.508 e. The Hall–Kier alpha value is -3.35. The minimum atomic E-state index is -0.902. The molecular formula is C18H16FNO5. The van der Waals surface area contributed by atoms with E-state index in [4.69, 9.17) is 4.74 Å². The van der Waals surface area contributed by atoms with Gasteiger partial charge in [0.15, 0.2) is 0 Å². The molecule has 25 heavy (non-hydrogen) atoms. The summed E-state index contributed by atoms with van der Waals surface area (Å²) in [6, 6.07) is 12.2. The summed E-state index contributed by atoms with van der Waals surface area (Å²) in [6.45, 7) is 0.00160. The number of carbonyl (C=O) groups is 2. The fraction of sp³-hybridized carbons (Fsp3) is 0.111. The number of methoxy groups -OCH3 is 1. The van der Waals surface area contributed by atoms with Crippen LogP contribution in [-0.2, 0) is 20.9 Å². The third-order valence-electron chi connectivity index (χ3n) is 3.13. The van der Waals surface area contributed by atoms with E-state index >= 15 is 0 Å². The van der Waals surface area contributed by atoms with E-state index in [1.165, 1.54) is 0 Å². The van der Waals surface area contributed by atoms with Crippen LogP contribution in [-0.4, -0.2) is 24.3 Å². The molecule has 2 aromatic rings. The molecule has 0 bridgehead atoms. The molecule has 0 fully saturated rings. The Labute approximate surface area is 143 Å². The van der Waals surface area contributed by atoms with Gasteiger partial charge >= 0.3 is 12.1 Å². The van der Waals surface area contributed by atoms with Crippen LogP contribution < -0.4 is 5.32 Å². The summed E-state index contributed by atoms with van der Waals surface area (Å²) in [7, 11) is 1.12. The summed E-state index contributed by atoms with van der Waals surface area (Å²) in [5.41, 5.74) is 0.342. The Balaban J connectivity index is 2.12. The maximum absolute atomic E-state index is 13.8. The van der Waals surface area contributed by atoms with Crippen molar-refractivity contribution in [2.45, 2.75) is 6.61 Å². The van der Waals surface area contributed by atoms with Crippen LogP contribution in [0.2, 0.25) is 0 Å². The van der Waals surface area contributed by atoms with Crippen molar-refractivity contribution < 1.29 is 28.6 Å². The molecule has 130 valence electrons. The molecule has 0 aromatic heterocycles. The number of benzene rings is 2. The number of nitrogens with one attached hydrogen (secondary N) is 1. The summed E-state index contributed by atoms with van der Waals surface area (Å²) < 4.78 is 23.3. The van der Waals surface area contributed by atoms with Gasteiger partial charge in [-0.1, -0.05) is 30.3 Å². The molecule has 1 amide bonds. The van der Waals surface area contributed by atoms with E-state index in [1.54, 1.807) is 24.3 Å². The Morgan fingerprint density at radius 3 is 2.60 bits per heavy atom. The molecule has 0 radical (unpaired) electrons. The Kier molecular flexibility index (Phi) is 6.11. The highest BCUT2D eigenvalue weighted by molar-refractivity contribution is 5.96. The molecule has 0 unspecified atom stereocenters. The predicted molar refractivity (Wildman–Crippen MR) is 87.8 cm³/mol. The van der Waals surface area contributed by atoms with Gasteiger partial charge in [-0.05, 0) is 29.8 Å². The normalized spacial score (nSPS) is 10.9. The van der Waals surface area contributed by atoms with E-state index in [0.717, 1.165) is 36.9 Å². The van der Waals surface area contributed by atoms with Gasteiger partial charge in [-0.3, -0.25) is 5.32 Å². The number of esters is 1. The molecular weight excluding hydrogens is 329 g/mol. The van der Waals surface area contributed by atoms with E-state index in [0.29, 0.717) is 0 Å². The number of halogens is 1. The first-order valence-electron chi connectivity index (χ1n) is 7.26. The topological polar surface area (TPSA) is 84.9 Å². The number of alkyl carbamates (subject to hydrolysis) is 1. The van der Waals surface area contributed by atoms with Gasteiger partial charge in [0.05, 0.1) is 7.11 Å². The van der Waals surface area contributed by atoms with Crippen LogP contribution in [0.15, 0.2) is 54.2 Å². The van der Waals surface area contributed by atoms with Crippen molar-refractivity contribution in [3.63, 3.8) is 0 Å². The van der Waals surface area contributed by atoms with Gasteiger partial charge in [-0.25, -0.2) is 14.0 Å². The van der Waals surface area contributed by atoms with Crippen LogP contribution in [0.1, 0.15) is 11.1 Å². The van der Waals surface area contributed by atoms with Gasteiger partial charge in [0.1, 0.15) is 23.9 Å². The van der Waals surface area contributed by atoms with Gasteiger partial charge in [0, 0.05) is 5.56 Å². The minimum absolute atomic E-state index is 0.00160. The maximum Gasteiger partial charge on any atom is 0.412 e. The number of aromatic hydroxyl groups is 1. The van der Waals surface area contributed by atoms with Crippen LogP contribution in [0.5, 0.6) is 5.75 Å². The van der Waals surface area contributed by atoms with Gasteiger partial charge in [0.25, 0.3) is 0 Å². The molecule has 7 heteroatoms. The van der Waals surface area contributed by atoms with Gasteiger partial charge in [0.2, 0.25) is 0 Å². The molecule has 0 aliphatic rings. The van der Waals surface area contributed by atoms with Crippen LogP contribution in [0.25, 0.3) is 6.08 Å². The second-order valence-corrected chi connectivity index (χ2v) is 4.94. The van der Waals surface area contributed by atoms with Crippen LogP contribution >= 0.6 is 0 Å². The lowest BCUT2D eigenvalue weighted by molar-refractivity contribution is -0.136. The van der Waals surface area contributed by atoms with E-state index in [2.05, 4.69) is 10.1 Å². The van der Waals surface area contributed by atoms with Crippen molar-refractivity contribution in [1.29, 1.82) is 0 Å². The number of phenols is 1. The van der Waals surface area contributed by atoms with Crippen LogP contribution in [0, 0.1) is 5.82 Å². The average molecular weight is 345 g/mol. The van der Waals surface area contributed by atoms with E-state index in [-0.39, 0.29) is 23.6 Å². The SMILES string of the molecule is COC(=O)/C(=C/c1cc(O)ccc1F)NC(=O)OCc1ccccc1. The molecule has 0 saturated carbocycles. The van der Waals surface area contributed by atoms with E-state index in [9.17, 15) is 19.1 Å². The monoisotopic (exact) mass is 345 g/mol. The summed E-state index contributed by atoms with van der Waals surface area (Å²) in [4.78, 5) is 23.6. The van der Waals surface area contributed by atoms with Gasteiger partial charge in [-0.2, -0.15) is 0 Å². The Bertz CT molecular complexity index is 789. The predicted octanol–water partition coefficient (Wildman–Crippen LogP) is 2.97. The van der Waals surface area contributed by atoms with Crippen molar-refractivity contribution in [2.24, 2.45) is 0 Å². The first-order valence-corrected chi connectivity index (χ1v) is 7.26. The van der Waals surface area contributed by atoms with E-state index in [1.807, 2.05) is 6.07 Å². The maximum atomic E-state index is 13.8. The van der Waals surface area contributed by atoms with Crippen molar-refractivity contribution in [1.82, 2.24) is 5.32 Å². The fourth-order valence-corrected chi connectivity index (χ4v) is 1.92. The number of rotatable bonds is 5. The van der Waals surface area contributed by atoms with E-state index < -0.39 is 17.9 Å². The summed E-state index contributed by atoms with van der Waals surface area (Å²) in [5.74, 6) is -1.76. The van der Waals surface area contributed by atoms with Crippen molar-refractivity contribution in [3.05, 3.63) is 71.2 Å². The lowest BCUT2D eigenvalue weighted by Gasteiger charge is -2.09. The number of phenolic OH excluding ortho intramolecular Hbond substituents is 1. The van der Waals surface area contributed by atoms with Gasteiger partial charge in [-0.15, -0.1) is 0 Å². The number of hydrogen-bond acceptors (Lipinski definition) is 5. The molecule has 2 N–H and O–H groups in total. The zero-order valence-electron chi connectivity index (χ0n) is 13.4. The van der Waals surface area contributed by atoms with Gasteiger partial charge < -0.3 is 14.6 Å². The van der Waals surface area contributed by atoms with Crippen LogP contribution in [0.4, 0.5) is 9.18 Å². The first-order chi connectivity index (χ1) is 12.0. The summed E-state index contributed by atoms with van der Waals surface area (Å²) >= 11 is 0. The molecule has 6 nitrogen and oxygen atoms in total. The van der Waals surface area contributed by atoms with Crippen molar-refractivity contribution in [3.8, 4) is 5.75 Å².